The average molecular weight is 353 g/mol. The van der Waals surface area contributed by atoms with E-state index in [4.69, 9.17) is 4.42 Å². The molecular weight excluding hydrogens is 334 g/mol. The molecule has 0 unspecified atom stereocenters. The second-order valence-corrected chi connectivity index (χ2v) is 7.71. The van der Waals surface area contributed by atoms with Crippen LogP contribution in [-0.4, -0.2) is 20.8 Å². The molecule has 5 nitrogen and oxygen atoms in total. The van der Waals surface area contributed by atoms with Gasteiger partial charge in [-0.05, 0) is 44.0 Å². The van der Waals surface area contributed by atoms with Gasteiger partial charge in [0.15, 0.2) is 12.1 Å². The van der Waals surface area contributed by atoms with Crippen molar-refractivity contribution in [1.29, 1.82) is 0 Å². The zero-order chi connectivity index (χ0) is 17.2. The monoisotopic (exact) mass is 353 g/mol. The first-order chi connectivity index (χ1) is 12.2. The van der Waals surface area contributed by atoms with Gasteiger partial charge in [-0.1, -0.05) is 6.07 Å². The van der Waals surface area contributed by atoms with Crippen molar-refractivity contribution in [3.63, 3.8) is 0 Å². The third-order valence-electron chi connectivity index (χ3n) is 4.25. The van der Waals surface area contributed by atoms with Crippen molar-refractivity contribution < 1.29 is 9.21 Å². The van der Waals surface area contributed by atoms with Crippen LogP contribution in [0.5, 0.6) is 0 Å². The molecule has 0 aromatic carbocycles. The lowest BCUT2D eigenvalue weighted by molar-refractivity contribution is 0.0722. The van der Waals surface area contributed by atoms with Crippen LogP contribution in [0.3, 0.4) is 0 Å². The van der Waals surface area contributed by atoms with Crippen LogP contribution in [0.1, 0.15) is 50.5 Å². The van der Waals surface area contributed by atoms with Crippen LogP contribution in [0.25, 0.3) is 0 Å². The molecule has 1 amide bonds. The molecular formula is C19H19N3O2S. The molecule has 0 saturated heterocycles. The van der Waals surface area contributed by atoms with E-state index in [-0.39, 0.29) is 5.91 Å². The molecule has 0 N–H and O–H groups in total. The van der Waals surface area contributed by atoms with E-state index in [0.717, 1.165) is 29.2 Å². The van der Waals surface area contributed by atoms with Gasteiger partial charge in [0.25, 0.3) is 5.91 Å². The van der Waals surface area contributed by atoms with Crippen molar-refractivity contribution in [3.05, 3.63) is 69.8 Å². The second-order valence-electron chi connectivity index (χ2n) is 6.33. The number of carbonyl (C=O) groups excluding carboxylic acids is 1. The SMILES string of the molecule is Cc1ccc(CN(Cc2ccccn2)C(=O)c2ncoc2C2CC2)s1. The van der Waals surface area contributed by atoms with Crippen LogP contribution in [0, 0.1) is 6.92 Å². The lowest BCUT2D eigenvalue weighted by Gasteiger charge is -2.21. The van der Waals surface area contributed by atoms with Crippen LogP contribution < -0.4 is 0 Å². The zero-order valence-electron chi connectivity index (χ0n) is 14.0. The van der Waals surface area contributed by atoms with Crippen LogP contribution in [0.4, 0.5) is 0 Å². The largest absolute Gasteiger partial charge is 0.447 e. The van der Waals surface area contributed by atoms with Crippen molar-refractivity contribution in [3.8, 4) is 0 Å². The Kier molecular flexibility index (Phi) is 4.36. The molecule has 0 bridgehead atoms. The smallest absolute Gasteiger partial charge is 0.276 e. The fourth-order valence-corrected chi connectivity index (χ4v) is 3.75. The van der Waals surface area contributed by atoms with Gasteiger partial charge >= 0.3 is 0 Å². The Hall–Kier alpha value is -2.47. The number of hydrogen-bond donors (Lipinski definition) is 0. The summed E-state index contributed by atoms with van der Waals surface area (Å²) < 4.78 is 5.49. The minimum atomic E-state index is -0.0904. The van der Waals surface area contributed by atoms with Gasteiger partial charge in [-0.25, -0.2) is 4.98 Å². The number of aromatic nitrogens is 2. The van der Waals surface area contributed by atoms with E-state index >= 15 is 0 Å². The molecule has 1 fully saturated rings. The number of aryl methyl sites for hydroxylation is 1. The molecule has 1 aliphatic carbocycles. The first-order valence-corrected chi connectivity index (χ1v) is 9.20. The average Bonchev–Trinajstić information content (AvgIpc) is 3.20. The molecule has 1 aliphatic rings. The molecule has 0 spiro atoms. The summed E-state index contributed by atoms with van der Waals surface area (Å²) >= 11 is 1.71. The predicted octanol–water partition coefficient (Wildman–Crippen LogP) is 4.16. The van der Waals surface area contributed by atoms with Crippen LogP contribution in [-0.2, 0) is 13.1 Å². The Morgan fingerprint density at radius 3 is 2.80 bits per heavy atom. The lowest BCUT2D eigenvalue weighted by atomic mass is 10.2. The quantitative estimate of drug-likeness (QED) is 0.668. The van der Waals surface area contributed by atoms with E-state index < -0.39 is 0 Å². The predicted molar refractivity (Wildman–Crippen MR) is 95.3 cm³/mol. The minimum absolute atomic E-state index is 0.0904. The van der Waals surface area contributed by atoms with Crippen molar-refractivity contribution in [2.45, 2.75) is 38.8 Å². The van der Waals surface area contributed by atoms with E-state index in [1.165, 1.54) is 11.3 Å². The van der Waals surface area contributed by atoms with E-state index in [0.29, 0.717) is 24.7 Å². The van der Waals surface area contributed by atoms with Gasteiger partial charge in [0.1, 0.15) is 5.76 Å². The molecule has 3 aromatic heterocycles. The summed E-state index contributed by atoms with van der Waals surface area (Å²) in [5, 5.41) is 0. The maximum atomic E-state index is 13.2. The molecule has 128 valence electrons. The molecule has 3 aromatic rings. The highest BCUT2D eigenvalue weighted by Gasteiger charge is 2.34. The number of nitrogens with zero attached hydrogens (tertiary/aromatic N) is 3. The molecule has 4 rings (SSSR count). The van der Waals surface area contributed by atoms with Gasteiger partial charge in [-0.2, -0.15) is 0 Å². The standard InChI is InChI=1S/C19H19N3O2S/c1-13-5-8-16(25-13)11-22(10-15-4-2-3-9-20-15)19(23)17-18(14-6-7-14)24-12-21-17/h2-5,8-9,12,14H,6-7,10-11H2,1H3. The summed E-state index contributed by atoms with van der Waals surface area (Å²) in [5.74, 6) is 0.993. The highest BCUT2D eigenvalue weighted by molar-refractivity contribution is 7.11. The Morgan fingerprint density at radius 2 is 2.12 bits per heavy atom. The molecule has 0 radical (unpaired) electrons. The number of carbonyl (C=O) groups is 1. The molecule has 3 heterocycles. The fraction of sp³-hybridized carbons (Fsp3) is 0.316. The normalized spacial score (nSPS) is 13.8. The summed E-state index contributed by atoms with van der Waals surface area (Å²) in [4.78, 5) is 25.9. The molecule has 0 atom stereocenters. The number of hydrogen-bond acceptors (Lipinski definition) is 5. The van der Waals surface area contributed by atoms with E-state index in [2.05, 4.69) is 29.0 Å². The summed E-state index contributed by atoms with van der Waals surface area (Å²) in [6.45, 7) is 3.07. The molecule has 25 heavy (non-hydrogen) atoms. The number of amides is 1. The van der Waals surface area contributed by atoms with Gasteiger partial charge in [0.05, 0.1) is 18.8 Å². The Labute approximate surface area is 150 Å². The van der Waals surface area contributed by atoms with Gasteiger partial charge in [0, 0.05) is 21.9 Å². The maximum Gasteiger partial charge on any atom is 0.276 e. The van der Waals surface area contributed by atoms with E-state index in [1.807, 2.05) is 18.2 Å². The van der Waals surface area contributed by atoms with Gasteiger partial charge in [-0.15, -0.1) is 11.3 Å². The third kappa shape index (κ3) is 3.64. The van der Waals surface area contributed by atoms with E-state index in [9.17, 15) is 4.79 Å². The van der Waals surface area contributed by atoms with Crippen LogP contribution in [0.2, 0.25) is 0 Å². The molecule has 1 saturated carbocycles. The topological polar surface area (TPSA) is 59.2 Å². The Bertz CT molecular complexity index is 868. The van der Waals surface area contributed by atoms with Crippen molar-refractivity contribution in [2.24, 2.45) is 0 Å². The number of rotatable bonds is 6. The summed E-state index contributed by atoms with van der Waals surface area (Å²) in [6, 6.07) is 9.90. The van der Waals surface area contributed by atoms with Gasteiger partial charge in [0.2, 0.25) is 0 Å². The highest BCUT2D eigenvalue weighted by atomic mass is 32.1. The van der Waals surface area contributed by atoms with Crippen LogP contribution >= 0.6 is 11.3 Å². The summed E-state index contributed by atoms with van der Waals surface area (Å²) in [6.07, 6.45) is 5.27. The Balaban J connectivity index is 1.61. The van der Waals surface area contributed by atoms with Crippen molar-refractivity contribution in [1.82, 2.24) is 14.9 Å². The first-order valence-electron chi connectivity index (χ1n) is 8.38. The molecule has 0 aliphatic heterocycles. The summed E-state index contributed by atoms with van der Waals surface area (Å²) in [5.41, 5.74) is 1.31. The van der Waals surface area contributed by atoms with Crippen LogP contribution in [0.15, 0.2) is 47.3 Å². The summed E-state index contributed by atoms with van der Waals surface area (Å²) in [7, 11) is 0. The van der Waals surface area contributed by atoms with E-state index in [1.54, 1.807) is 22.4 Å². The highest BCUT2D eigenvalue weighted by Crippen LogP contribution is 2.41. The van der Waals surface area contributed by atoms with Gasteiger partial charge in [-0.3, -0.25) is 9.78 Å². The number of thiophene rings is 1. The number of oxazole rings is 1. The molecule has 6 heteroatoms. The maximum absolute atomic E-state index is 13.2. The lowest BCUT2D eigenvalue weighted by Crippen LogP contribution is -2.31. The first kappa shape index (κ1) is 16.0. The van der Waals surface area contributed by atoms with Gasteiger partial charge < -0.3 is 9.32 Å². The number of pyridine rings is 1. The minimum Gasteiger partial charge on any atom is -0.447 e. The third-order valence-corrected chi connectivity index (χ3v) is 5.24. The second kappa shape index (κ2) is 6.80. The fourth-order valence-electron chi connectivity index (χ4n) is 2.85. The Morgan fingerprint density at radius 1 is 1.24 bits per heavy atom. The van der Waals surface area contributed by atoms with Crippen molar-refractivity contribution in [2.75, 3.05) is 0 Å². The zero-order valence-corrected chi connectivity index (χ0v) is 14.8. The van der Waals surface area contributed by atoms with Crippen molar-refractivity contribution >= 4 is 17.2 Å².